The molecule has 0 aromatic rings. The fourth-order valence-corrected chi connectivity index (χ4v) is 0. The second-order valence-corrected chi connectivity index (χ2v) is 0. The third kappa shape index (κ3) is 10.2. The van der Waals surface area contributed by atoms with Gasteiger partial charge in [0.05, 0.1) is 0 Å². The van der Waals surface area contributed by atoms with Gasteiger partial charge in [-0.2, -0.15) is 0 Å². The molecule has 4 heteroatoms. The molecule has 2 radical (unpaired) electrons. The Bertz CT molecular complexity index is 6.00. The van der Waals surface area contributed by atoms with Gasteiger partial charge in [-0.1, -0.05) is 0 Å². The van der Waals surface area contributed by atoms with E-state index in [0.717, 1.165) is 0 Å². The largest absolute Gasteiger partial charge is 3.00 e. The fourth-order valence-electron chi connectivity index (χ4n) is 0. The molecule has 0 bridgehead atoms. The first-order valence-corrected chi connectivity index (χ1v) is 0. The van der Waals surface area contributed by atoms with Crippen molar-refractivity contribution in [2.75, 3.05) is 0 Å². The molecule has 0 aromatic carbocycles. The van der Waals surface area contributed by atoms with Crippen LogP contribution < -0.4 is 0 Å². The predicted octanol–water partition coefficient (Wildman–Crippen LogP) is -1.06. The minimum Gasteiger partial charge on any atom is -2.00 e. The summed E-state index contributed by atoms with van der Waals surface area (Å²) in [5.74, 6) is 0. The van der Waals surface area contributed by atoms with Crippen molar-refractivity contribution in [2.45, 2.75) is 0 Å². The molecule has 0 heterocycles. The minimum absolute atomic E-state index is 0. The first kappa shape index (κ1) is 56.2. The van der Waals surface area contributed by atoms with Gasteiger partial charge in [0.25, 0.3) is 0 Å². The van der Waals surface area contributed by atoms with Crippen LogP contribution in [0.15, 0.2) is 0 Å². The number of hydrogen-bond donors (Lipinski definition) is 0. The quantitative estimate of drug-likeness (QED) is 0.517. The molecule has 0 aliphatic rings. The van der Waals surface area contributed by atoms with Gasteiger partial charge in [-0.05, 0) is 0 Å². The van der Waals surface area contributed by atoms with Crippen molar-refractivity contribution in [2.24, 2.45) is 0 Å². The molecule has 0 saturated carbocycles. The van der Waals surface area contributed by atoms with Crippen LogP contribution in [-0.4, -0.2) is 49.0 Å². The SMILES string of the molecule is [Al+3].[Bi+3].[O-2].[OH-]. The van der Waals surface area contributed by atoms with E-state index in [1.807, 2.05) is 0 Å². The second-order valence-electron chi connectivity index (χ2n) is 0. The van der Waals surface area contributed by atoms with Crippen LogP contribution in [0.25, 0.3) is 0 Å². The maximum absolute atomic E-state index is 0. The topological polar surface area (TPSA) is 58.5 Å². The summed E-state index contributed by atoms with van der Waals surface area (Å²) >= 11 is 0. The van der Waals surface area contributed by atoms with Crippen LogP contribution in [0.3, 0.4) is 0 Å². The van der Waals surface area contributed by atoms with Gasteiger partial charge >= 0.3 is 43.6 Å². The summed E-state index contributed by atoms with van der Waals surface area (Å²) in [6.45, 7) is 0. The van der Waals surface area contributed by atoms with Crippen molar-refractivity contribution in [3.05, 3.63) is 0 Å². The molecule has 2 nitrogen and oxygen atoms in total. The molecule has 0 fully saturated rings. The van der Waals surface area contributed by atoms with Crippen LogP contribution in [0.1, 0.15) is 0 Å². The van der Waals surface area contributed by atoms with Crippen LogP contribution >= 0.6 is 0 Å². The molecule has 0 aliphatic heterocycles. The molecule has 18 valence electrons. The average Bonchev–Trinajstić information content (AvgIpc) is 0. The average molecular weight is 269 g/mol. The van der Waals surface area contributed by atoms with Crippen LogP contribution in [0.4, 0.5) is 0 Å². The van der Waals surface area contributed by atoms with Crippen LogP contribution in [0.2, 0.25) is 0 Å². The molecule has 0 spiro atoms. The van der Waals surface area contributed by atoms with E-state index in [-0.39, 0.29) is 54.5 Å². The van der Waals surface area contributed by atoms with E-state index in [2.05, 4.69) is 0 Å². The molecule has 0 saturated heterocycles. The van der Waals surface area contributed by atoms with Gasteiger partial charge in [-0.3, -0.25) is 0 Å². The molecule has 0 aromatic heterocycles. The van der Waals surface area contributed by atoms with E-state index in [0.29, 0.717) is 0 Å². The van der Waals surface area contributed by atoms with E-state index < -0.39 is 0 Å². The molecule has 1 N–H and O–H groups in total. The third-order valence-electron chi connectivity index (χ3n) is 0. The Hall–Kier alpha value is 1.34. The van der Waals surface area contributed by atoms with Gasteiger partial charge in [-0.25, -0.2) is 0 Å². The minimum atomic E-state index is 0. The van der Waals surface area contributed by atoms with E-state index in [1.54, 1.807) is 0 Å². The molecule has 0 atom stereocenters. The van der Waals surface area contributed by atoms with Gasteiger partial charge in [-0.15, -0.1) is 0 Å². The van der Waals surface area contributed by atoms with E-state index >= 15 is 0 Å². The van der Waals surface area contributed by atoms with Gasteiger partial charge < -0.3 is 11.0 Å². The third-order valence-corrected chi connectivity index (χ3v) is 0. The van der Waals surface area contributed by atoms with Crippen LogP contribution in [0.5, 0.6) is 0 Å². The van der Waals surface area contributed by atoms with Crippen molar-refractivity contribution in [1.82, 2.24) is 0 Å². The Morgan fingerprint density at radius 2 is 1.00 bits per heavy atom. The zero-order valence-electron chi connectivity index (χ0n) is 1.88. The van der Waals surface area contributed by atoms with Crippen molar-refractivity contribution >= 4 is 43.6 Å². The smallest absolute Gasteiger partial charge is 2.00 e. The molecule has 0 rings (SSSR count). The van der Waals surface area contributed by atoms with Gasteiger partial charge in [0.2, 0.25) is 0 Å². The number of rotatable bonds is 0. The maximum atomic E-state index is 0. The zero-order valence-corrected chi connectivity index (χ0v) is 6.51. The molecule has 0 amide bonds. The van der Waals surface area contributed by atoms with E-state index in [9.17, 15) is 0 Å². The fraction of sp³-hybridized carbons (Fsp3) is 0. The zero-order chi connectivity index (χ0) is 0. The van der Waals surface area contributed by atoms with Gasteiger partial charge in [0.15, 0.2) is 0 Å². The van der Waals surface area contributed by atoms with Gasteiger partial charge in [0, 0.05) is 0 Å². The van der Waals surface area contributed by atoms with Crippen LogP contribution in [0, 0.1) is 0 Å². The summed E-state index contributed by atoms with van der Waals surface area (Å²) in [6, 6.07) is 0. The molecule has 0 unspecified atom stereocenters. The number of hydrogen-bond acceptors (Lipinski definition) is 1. The summed E-state index contributed by atoms with van der Waals surface area (Å²) in [4.78, 5) is 0. The van der Waals surface area contributed by atoms with E-state index in [1.165, 1.54) is 0 Å². The second kappa shape index (κ2) is 27.0. The molecule has 4 heavy (non-hydrogen) atoms. The Morgan fingerprint density at radius 3 is 1.00 bits per heavy atom. The van der Waals surface area contributed by atoms with Crippen molar-refractivity contribution < 1.29 is 11.0 Å². The summed E-state index contributed by atoms with van der Waals surface area (Å²) in [5, 5.41) is 0. The Morgan fingerprint density at radius 1 is 1.00 bits per heavy atom. The monoisotopic (exact) mass is 269 g/mol. The van der Waals surface area contributed by atoms with Crippen molar-refractivity contribution in [3.63, 3.8) is 0 Å². The standard InChI is InChI=1S/Al.Bi.H2O.O/h;;1H2;/q2*+3;;-2/p-1. The van der Waals surface area contributed by atoms with Crippen LogP contribution in [-0.2, 0) is 5.48 Å². The summed E-state index contributed by atoms with van der Waals surface area (Å²) in [7, 11) is 0. The Labute approximate surface area is 54.5 Å². The molecule has 0 aliphatic carbocycles. The summed E-state index contributed by atoms with van der Waals surface area (Å²) in [5.41, 5.74) is 0. The Balaban J connectivity index is 0. The first-order valence-electron chi connectivity index (χ1n) is 0. The van der Waals surface area contributed by atoms with Crippen molar-refractivity contribution in [1.29, 1.82) is 0 Å². The first-order chi connectivity index (χ1) is 0. The van der Waals surface area contributed by atoms with Crippen molar-refractivity contribution in [3.8, 4) is 0 Å². The summed E-state index contributed by atoms with van der Waals surface area (Å²) < 4.78 is 0. The molecular formula is HAlBiO2+3. The maximum Gasteiger partial charge on any atom is 3.00 e. The normalized spacial score (nSPS) is 0. The summed E-state index contributed by atoms with van der Waals surface area (Å²) in [6.07, 6.45) is 0. The van der Waals surface area contributed by atoms with Gasteiger partial charge in [0.1, 0.15) is 0 Å². The molecular weight excluding hydrogens is 268 g/mol. The predicted molar refractivity (Wildman–Crippen MR) is 14.1 cm³/mol. The van der Waals surface area contributed by atoms with E-state index in [4.69, 9.17) is 0 Å². The Kier molecular flexibility index (Phi) is 380.